The molecule has 3 nitrogen and oxygen atoms in total. The summed E-state index contributed by atoms with van der Waals surface area (Å²) < 4.78 is 42.8. The fourth-order valence-corrected chi connectivity index (χ4v) is 2.25. The van der Waals surface area contributed by atoms with Crippen molar-refractivity contribution in [3.8, 4) is 0 Å². The molecule has 0 spiro atoms. The van der Waals surface area contributed by atoms with Crippen LogP contribution in [-0.2, 0) is 15.1 Å². The van der Waals surface area contributed by atoms with Crippen molar-refractivity contribution in [1.82, 2.24) is 5.32 Å². The predicted octanol–water partition coefficient (Wildman–Crippen LogP) is 3.25. The molecule has 0 saturated heterocycles. The Labute approximate surface area is 122 Å². The highest BCUT2D eigenvalue weighted by Crippen LogP contribution is 2.32. The third kappa shape index (κ3) is 4.20. The van der Waals surface area contributed by atoms with Crippen molar-refractivity contribution in [3.05, 3.63) is 35.9 Å². The van der Waals surface area contributed by atoms with Crippen LogP contribution in [0, 0.1) is 5.92 Å². The summed E-state index contributed by atoms with van der Waals surface area (Å²) in [6, 6.07) is 8.35. The lowest BCUT2D eigenvalue weighted by Gasteiger charge is -2.37. The molecule has 0 aliphatic heterocycles. The fourth-order valence-electron chi connectivity index (χ4n) is 2.25. The van der Waals surface area contributed by atoms with E-state index in [1.54, 1.807) is 51.1 Å². The number of benzene rings is 1. The van der Waals surface area contributed by atoms with Gasteiger partial charge in [0.05, 0.1) is 13.2 Å². The van der Waals surface area contributed by atoms with Gasteiger partial charge in [0.2, 0.25) is 0 Å². The summed E-state index contributed by atoms with van der Waals surface area (Å²) in [6.45, 7) is 3.84. The van der Waals surface area contributed by atoms with Crippen LogP contribution in [0.15, 0.2) is 30.3 Å². The topological polar surface area (TPSA) is 38.3 Å². The van der Waals surface area contributed by atoms with E-state index in [1.165, 1.54) is 0 Å². The third-order valence-corrected chi connectivity index (χ3v) is 3.26. The second kappa shape index (κ2) is 6.93. The van der Waals surface area contributed by atoms with Crippen LogP contribution < -0.4 is 5.32 Å². The minimum atomic E-state index is -4.42. The average molecular weight is 303 g/mol. The number of ether oxygens (including phenoxy) is 1. The molecule has 1 rings (SSSR count). The maximum Gasteiger partial charge on any atom is 0.401 e. The lowest BCUT2D eigenvalue weighted by molar-refractivity contribution is -0.159. The van der Waals surface area contributed by atoms with Crippen LogP contribution in [0.1, 0.15) is 26.3 Å². The maximum absolute atomic E-state index is 12.6. The third-order valence-electron chi connectivity index (χ3n) is 3.26. The normalized spacial score (nSPS) is 14.8. The minimum Gasteiger partial charge on any atom is -0.464 e. The number of alkyl halides is 3. The first-order chi connectivity index (χ1) is 9.74. The van der Waals surface area contributed by atoms with Crippen LogP contribution in [0.5, 0.6) is 0 Å². The standard InChI is InChI=1S/C15H20F3NO2/c1-4-21-13(20)15(11(2)3,19-10-14(16,17)18)12-8-6-5-7-9-12/h5-9,11,19H,4,10H2,1-3H3. The van der Waals surface area contributed by atoms with E-state index in [0.29, 0.717) is 5.56 Å². The van der Waals surface area contributed by atoms with Crippen LogP contribution in [0.2, 0.25) is 0 Å². The molecule has 0 saturated carbocycles. The first kappa shape index (κ1) is 17.5. The molecule has 118 valence electrons. The van der Waals surface area contributed by atoms with Crippen LogP contribution in [0.3, 0.4) is 0 Å². The lowest BCUT2D eigenvalue weighted by Crippen LogP contribution is -2.56. The second-order valence-electron chi connectivity index (χ2n) is 5.02. The van der Waals surface area contributed by atoms with E-state index in [-0.39, 0.29) is 6.61 Å². The van der Waals surface area contributed by atoms with Gasteiger partial charge in [-0.25, -0.2) is 4.79 Å². The number of halogens is 3. The van der Waals surface area contributed by atoms with E-state index < -0.39 is 30.1 Å². The Morgan fingerprint density at radius 1 is 1.24 bits per heavy atom. The van der Waals surface area contributed by atoms with E-state index in [1.807, 2.05) is 0 Å². The zero-order valence-electron chi connectivity index (χ0n) is 12.3. The van der Waals surface area contributed by atoms with E-state index in [2.05, 4.69) is 5.32 Å². The summed E-state index contributed by atoms with van der Waals surface area (Å²) in [5.74, 6) is -1.11. The Morgan fingerprint density at radius 3 is 2.24 bits per heavy atom. The van der Waals surface area contributed by atoms with Crippen molar-refractivity contribution in [2.75, 3.05) is 13.2 Å². The van der Waals surface area contributed by atoms with Gasteiger partial charge in [0, 0.05) is 0 Å². The first-order valence-electron chi connectivity index (χ1n) is 6.78. The molecule has 21 heavy (non-hydrogen) atoms. The Bertz CT molecular complexity index is 460. The van der Waals surface area contributed by atoms with Gasteiger partial charge in [-0.1, -0.05) is 44.2 Å². The summed E-state index contributed by atoms with van der Waals surface area (Å²) in [6.07, 6.45) is -4.42. The number of esters is 1. The number of carbonyl (C=O) groups excluding carboxylic acids is 1. The van der Waals surface area contributed by atoms with Gasteiger partial charge in [-0.2, -0.15) is 13.2 Å². The Hall–Kier alpha value is -1.56. The minimum absolute atomic E-state index is 0.105. The molecule has 0 heterocycles. The smallest absolute Gasteiger partial charge is 0.401 e. The molecule has 0 fully saturated rings. The summed E-state index contributed by atoms with van der Waals surface area (Å²) >= 11 is 0. The van der Waals surface area contributed by atoms with Gasteiger partial charge >= 0.3 is 12.1 Å². The molecular weight excluding hydrogens is 283 g/mol. The SMILES string of the molecule is CCOC(=O)C(NCC(F)(F)F)(c1ccccc1)C(C)C. The number of hydrogen-bond acceptors (Lipinski definition) is 3. The molecule has 1 N–H and O–H groups in total. The Balaban J connectivity index is 3.26. The zero-order chi connectivity index (χ0) is 16.1. The molecule has 0 aliphatic rings. The van der Waals surface area contributed by atoms with Crippen molar-refractivity contribution in [2.45, 2.75) is 32.5 Å². The van der Waals surface area contributed by atoms with Gasteiger partial charge in [0.1, 0.15) is 5.54 Å². The molecule has 0 radical (unpaired) electrons. The number of rotatable bonds is 6. The molecule has 0 bridgehead atoms. The monoisotopic (exact) mass is 303 g/mol. The fraction of sp³-hybridized carbons (Fsp3) is 0.533. The molecule has 1 unspecified atom stereocenters. The summed E-state index contributed by atoms with van der Waals surface area (Å²) in [7, 11) is 0. The van der Waals surface area contributed by atoms with Crippen LogP contribution in [0.4, 0.5) is 13.2 Å². The van der Waals surface area contributed by atoms with E-state index in [4.69, 9.17) is 4.74 Å². The van der Waals surface area contributed by atoms with E-state index in [0.717, 1.165) is 0 Å². The second-order valence-corrected chi connectivity index (χ2v) is 5.02. The van der Waals surface area contributed by atoms with Crippen LogP contribution in [0.25, 0.3) is 0 Å². The summed E-state index contributed by atoms with van der Waals surface area (Å²) in [4.78, 5) is 12.4. The van der Waals surface area contributed by atoms with Crippen molar-refractivity contribution in [2.24, 2.45) is 5.92 Å². The summed E-state index contributed by atoms with van der Waals surface area (Å²) in [5.41, 5.74) is -1.06. The van der Waals surface area contributed by atoms with Crippen molar-refractivity contribution >= 4 is 5.97 Å². The summed E-state index contributed by atoms with van der Waals surface area (Å²) in [5, 5.41) is 2.37. The molecule has 0 aliphatic carbocycles. The highest BCUT2D eigenvalue weighted by molar-refractivity contribution is 5.83. The number of carbonyl (C=O) groups is 1. The van der Waals surface area contributed by atoms with Crippen LogP contribution >= 0.6 is 0 Å². The van der Waals surface area contributed by atoms with Gasteiger partial charge in [-0.15, -0.1) is 0 Å². The molecule has 0 aromatic heterocycles. The first-order valence-corrected chi connectivity index (χ1v) is 6.78. The lowest BCUT2D eigenvalue weighted by atomic mass is 9.79. The number of hydrogen-bond donors (Lipinski definition) is 1. The highest BCUT2D eigenvalue weighted by atomic mass is 19.4. The predicted molar refractivity (Wildman–Crippen MR) is 73.6 cm³/mol. The Kier molecular flexibility index (Phi) is 5.78. The quantitative estimate of drug-likeness (QED) is 0.820. The van der Waals surface area contributed by atoms with Gasteiger partial charge in [-0.05, 0) is 18.4 Å². The van der Waals surface area contributed by atoms with E-state index >= 15 is 0 Å². The van der Waals surface area contributed by atoms with E-state index in [9.17, 15) is 18.0 Å². The Morgan fingerprint density at radius 2 is 1.81 bits per heavy atom. The van der Waals surface area contributed by atoms with Crippen molar-refractivity contribution < 1.29 is 22.7 Å². The zero-order valence-corrected chi connectivity index (χ0v) is 12.3. The average Bonchev–Trinajstić information content (AvgIpc) is 2.39. The maximum atomic E-state index is 12.6. The van der Waals surface area contributed by atoms with Crippen LogP contribution in [-0.4, -0.2) is 25.3 Å². The molecule has 0 amide bonds. The molecule has 1 aromatic rings. The largest absolute Gasteiger partial charge is 0.464 e. The molecular formula is C15H20F3NO2. The molecule has 6 heteroatoms. The van der Waals surface area contributed by atoms with Gasteiger partial charge in [0.25, 0.3) is 0 Å². The van der Waals surface area contributed by atoms with Gasteiger partial charge in [-0.3, -0.25) is 5.32 Å². The van der Waals surface area contributed by atoms with Gasteiger partial charge < -0.3 is 4.74 Å². The van der Waals surface area contributed by atoms with Gasteiger partial charge in [0.15, 0.2) is 0 Å². The number of nitrogens with one attached hydrogen (secondary N) is 1. The van der Waals surface area contributed by atoms with Crippen molar-refractivity contribution in [3.63, 3.8) is 0 Å². The molecule has 1 aromatic carbocycles. The highest BCUT2D eigenvalue weighted by Gasteiger charge is 2.46. The molecule has 1 atom stereocenters. The van der Waals surface area contributed by atoms with Crippen molar-refractivity contribution in [1.29, 1.82) is 0 Å².